The van der Waals surface area contributed by atoms with Gasteiger partial charge in [0.1, 0.15) is 22.1 Å². The summed E-state index contributed by atoms with van der Waals surface area (Å²) in [4.78, 5) is 26.7. The Bertz CT molecular complexity index is 921. The number of fused-ring (bicyclic) bond motifs is 1. The monoisotopic (exact) mass is 435 g/mol. The summed E-state index contributed by atoms with van der Waals surface area (Å²) in [6, 6.07) is 1.74. The lowest BCUT2D eigenvalue weighted by Crippen LogP contribution is -2.55. The molecule has 2 aliphatic carbocycles. The van der Waals surface area contributed by atoms with Gasteiger partial charge in [-0.1, -0.05) is 18.5 Å². The van der Waals surface area contributed by atoms with E-state index in [1.807, 2.05) is 6.92 Å². The van der Waals surface area contributed by atoms with Crippen LogP contribution in [0.4, 0.5) is 0 Å². The molecule has 0 bridgehead atoms. The minimum Gasteiger partial charge on any atom is -0.496 e. The van der Waals surface area contributed by atoms with E-state index in [9.17, 15) is 14.7 Å². The van der Waals surface area contributed by atoms with E-state index in [-0.39, 0.29) is 34.2 Å². The summed E-state index contributed by atoms with van der Waals surface area (Å²) in [5, 5.41) is 13.3. The van der Waals surface area contributed by atoms with Crippen LogP contribution in [0.5, 0.6) is 17.2 Å². The van der Waals surface area contributed by atoms with Crippen molar-refractivity contribution < 1.29 is 28.9 Å². The molecule has 1 saturated carbocycles. The number of rotatable bonds is 4. The molecule has 1 aromatic carbocycles. The molecule has 30 heavy (non-hydrogen) atoms. The number of methoxy groups -OCH3 is 2. The van der Waals surface area contributed by atoms with Crippen molar-refractivity contribution in [2.24, 2.45) is 5.92 Å². The second kappa shape index (κ2) is 7.78. The van der Waals surface area contributed by atoms with Gasteiger partial charge in [0.05, 0.1) is 20.3 Å². The maximum atomic E-state index is 13.5. The van der Waals surface area contributed by atoms with Crippen molar-refractivity contribution in [1.29, 1.82) is 0 Å². The Morgan fingerprint density at radius 1 is 1.17 bits per heavy atom. The summed E-state index contributed by atoms with van der Waals surface area (Å²) < 4.78 is 16.7. The summed E-state index contributed by atoms with van der Waals surface area (Å²) in [5.74, 6) is -0.542. The molecule has 0 aromatic heterocycles. The number of halogens is 1. The Labute approximate surface area is 180 Å². The molecule has 0 unspecified atom stereocenters. The van der Waals surface area contributed by atoms with Gasteiger partial charge in [-0.3, -0.25) is 9.59 Å². The van der Waals surface area contributed by atoms with E-state index in [1.165, 1.54) is 26.4 Å². The summed E-state index contributed by atoms with van der Waals surface area (Å²) in [7, 11) is 2.90. The molecular formula is C22H26ClNO6. The number of Topliss-reactive ketones (excluding diaryl/α,β-unsaturated/α-hetero) is 1. The molecule has 0 radical (unpaired) electrons. The van der Waals surface area contributed by atoms with Gasteiger partial charge < -0.3 is 24.6 Å². The van der Waals surface area contributed by atoms with E-state index in [0.717, 1.165) is 31.4 Å². The van der Waals surface area contributed by atoms with Crippen LogP contribution in [0.1, 0.15) is 49.4 Å². The third-order valence-electron chi connectivity index (χ3n) is 6.40. The lowest BCUT2D eigenvalue weighted by atomic mass is 9.74. The zero-order valence-corrected chi connectivity index (χ0v) is 18.0. The molecule has 2 atom stereocenters. The highest BCUT2D eigenvalue weighted by Crippen LogP contribution is 2.52. The number of aliphatic hydroxyl groups excluding tert-OH is 1. The van der Waals surface area contributed by atoms with Gasteiger partial charge in [0.15, 0.2) is 5.75 Å². The molecule has 1 aliphatic heterocycles. The normalized spacial score (nSPS) is 30.6. The van der Waals surface area contributed by atoms with Crippen LogP contribution >= 0.6 is 11.6 Å². The smallest absolute Gasteiger partial charge is 0.236 e. The molecule has 1 spiro atoms. The van der Waals surface area contributed by atoms with E-state index < -0.39 is 23.1 Å². The predicted molar refractivity (Wildman–Crippen MR) is 111 cm³/mol. The van der Waals surface area contributed by atoms with Crippen LogP contribution in [-0.4, -0.2) is 48.6 Å². The summed E-state index contributed by atoms with van der Waals surface area (Å²) in [6.07, 6.45) is 4.91. The van der Waals surface area contributed by atoms with Crippen molar-refractivity contribution in [3.8, 4) is 17.2 Å². The Morgan fingerprint density at radius 2 is 1.83 bits per heavy atom. The number of nitrogens with one attached hydrogen (secondary N) is 1. The van der Waals surface area contributed by atoms with Crippen molar-refractivity contribution in [1.82, 2.24) is 5.32 Å². The number of benzene rings is 1. The molecule has 0 saturated heterocycles. The maximum Gasteiger partial charge on any atom is 0.236 e. The zero-order chi connectivity index (χ0) is 21.6. The topological polar surface area (TPSA) is 94.1 Å². The van der Waals surface area contributed by atoms with Gasteiger partial charge in [0.2, 0.25) is 17.2 Å². The third-order valence-corrected chi connectivity index (χ3v) is 6.75. The van der Waals surface area contributed by atoms with Crippen molar-refractivity contribution in [3.05, 3.63) is 28.4 Å². The standard InChI is InChI=1S/C22H26ClNO6/c1-11-8-13(24-12-4-6-14(25)7-5-12)9-17(26)22(11)21(27)18-15(28-2)10-16(29-3)19(23)20(18)30-22/h9-12,14,24-25H,4-8H2,1-3H3/t11-,12?,14?,22+/m1/s1. The van der Waals surface area contributed by atoms with Gasteiger partial charge in [-0.05, 0) is 32.1 Å². The quantitative estimate of drug-likeness (QED) is 0.702. The van der Waals surface area contributed by atoms with Crippen molar-refractivity contribution in [3.63, 3.8) is 0 Å². The van der Waals surface area contributed by atoms with Gasteiger partial charge >= 0.3 is 0 Å². The van der Waals surface area contributed by atoms with Crippen molar-refractivity contribution >= 4 is 23.2 Å². The molecule has 7 nitrogen and oxygen atoms in total. The Hall–Kier alpha value is -2.25. The highest BCUT2D eigenvalue weighted by atomic mass is 35.5. The molecule has 0 amide bonds. The van der Waals surface area contributed by atoms with Gasteiger partial charge in [0, 0.05) is 29.8 Å². The van der Waals surface area contributed by atoms with Crippen LogP contribution in [0.25, 0.3) is 0 Å². The maximum absolute atomic E-state index is 13.5. The first-order valence-electron chi connectivity index (χ1n) is 10.2. The Morgan fingerprint density at radius 3 is 2.43 bits per heavy atom. The second-order valence-electron chi connectivity index (χ2n) is 8.25. The molecule has 162 valence electrons. The zero-order valence-electron chi connectivity index (χ0n) is 17.3. The SMILES string of the molecule is COc1cc(OC)c2c(c1Cl)O[C@@]1(C(=O)C=C(NC3CCC(O)CC3)C[C@H]1C)C2=O. The molecule has 1 aromatic rings. The van der Waals surface area contributed by atoms with Crippen molar-refractivity contribution in [2.45, 2.75) is 56.8 Å². The second-order valence-corrected chi connectivity index (χ2v) is 8.63. The van der Waals surface area contributed by atoms with Crippen LogP contribution in [-0.2, 0) is 4.79 Å². The first kappa shape index (κ1) is 21.0. The number of carbonyl (C=O) groups is 2. The molecular weight excluding hydrogens is 410 g/mol. The highest BCUT2D eigenvalue weighted by molar-refractivity contribution is 6.36. The van der Waals surface area contributed by atoms with Crippen LogP contribution in [0.15, 0.2) is 17.8 Å². The molecule has 2 N–H and O–H groups in total. The number of hydrogen-bond donors (Lipinski definition) is 2. The van der Waals surface area contributed by atoms with E-state index in [0.29, 0.717) is 12.2 Å². The average molecular weight is 436 g/mol. The van der Waals surface area contributed by atoms with Gasteiger partial charge in [-0.25, -0.2) is 0 Å². The number of allylic oxidation sites excluding steroid dienone is 1. The fraction of sp³-hybridized carbons (Fsp3) is 0.545. The largest absolute Gasteiger partial charge is 0.496 e. The lowest BCUT2D eigenvalue weighted by Gasteiger charge is -2.37. The van der Waals surface area contributed by atoms with E-state index in [1.54, 1.807) is 0 Å². The van der Waals surface area contributed by atoms with Gasteiger partial charge in [-0.2, -0.15) is 0 Å². The summed E-state index contributed by atoms with van der Waals surface area (Å²) >= 11 is 6.40. The number of aliphatic hydroxyl groups is 1. The molecule has 8 heteroatoms. The van der Waals surface area contributed by atoms with Gasteiger partial charge in [0.25, 0.3) is 0 Å². The fourth-order valence-electron chi connectivity index (χ4n) is 4.71. The number of ether oxygens (including phenoxy) is 3. The molecule has 1 heterocycles. The predicted octanol–water partition coefficient (Wildman–Crippen LogP) is 3.06. The molecule has 3 aliphatic rings. The van der Waals surface area contributed by atoms with E-state index in [2.05, 4.69) is 5.32 Å². The van der Waals surface area contributed by atoms with E-state index in [4.69, 9.17) is 25.8 Å². The molecule has 1 fully saturated rings. The average Bonchev–Trinajstić information content (AvgIpc) is 3.04. The van der Waals surface area contributed by atoms with Crippen LogP contribution < -0.4 is 19.5 Å². The first-order valence-corrected chi connectivity index (χ1v) is 10.6. The van der Waals surface area contributed by atoms with Crippen LogP contribution in [0, 0.1) is 5.92 Å². The fourth-order valence-corrected chi connectivity index (χ4v) is 4.98. The Kier molecular flexibility index (Phi) is 5.45. The van der Waals surface area contributed by atoms with Crippen LogP contribution in [0.2, 0.25) is 5.02 Å². The number of hydrogen-bond acceptors (Lipinski definition) is 7. The summed E-state index contributed by atoms with van der Waals surface area (Å²) in [5.41, 5.74) is -0.684. The lowest BCUT2D eigenvalue weighted by molar-refractivity contribution is -0.129. The minimum atomic E-state index is -1.65. The summed E-state index contributed by atoms with van der Waals surface area (Å²) in [6.45, 7) is 1.83. The third kappa shape index (κ3) is 3.15. The molecule has 4 rings (SSSR count). The van der Waals surface area contributed by atoms with Crippen LogP contribution in [0.3, 0.4) is 0 Å². The Balaban J connectivity index is 1.65. The number of carbonyl (C=O) groups excluding carboxylic acids is 2. The van der Waals surface area contributed by atoms with E-state index >= 15 is 0 Å². The minimum absolute atomic E-state index is 0.129. The highest BCUT2D eigenvalue weighted by Gasteiger charge is 2.60. The first-order chi connectivity index (χ1) is 14.3. The van der Waals surface area contributed by atoms with Gasteiger partial charge in [-0.15, -0.1) is 0 Å². The van der Waals surface area contributed by atoms with Crippen molar-refractivity contribution in [2.75, 3.05) is 14.2 Å². The number of ketones is 2.